The fourth-order valence-electron chi connectivity index (χ4n) is 3.45. The summed E-state index contributed by atoms with van der Waals surface area (Å²) in [4.78, 5) is 21.6. The van der Waals surface area contributed by atoms with Gasteiger partial charge in [0.05, 0.1) is 10.7 Å². The molecule has 4 aromatic rings. The van der Waals surface area contributed by atoms with E-state index in [2.05, 4.69) is 41.0 Å². The van der Waals surface area contributed by atoms with Gasteiger partial charge in [-0.2, -0.15) is 4.98 Å². The second kappa shape index (κ2) is 10.6. The maximum absolute atomic E-state index is 11.4. The van der Waals surface area contributed by atoms with Gasteiger partial charge in [0, 0.05) is 29.1 Å². The van der Waals surface area contributed by atoms with Crippen LogP contribution in [0.25, 0.3) is 11.3 Å². The van der Waals surface area contributed by atoms with E-state index < -0.39 is 0 Å². The number of benzene rings is 3. The molecule has 3 aromatic carbocycles. The second-order valence-corrected chi connectivity index (χ2v) is 8.91. The van der Waals surface area contributed by atoms with Gasteiger partial charge in [0.1, 0.15) is 5.75 Å². The molecule has 1 amide bonds. The summed E-state index contributed by atoms with van der Waals surface area (Å²) in [5.74, 6) is 1.14. The minimum Gasteiger partial charge on any atom is -0.437 e. The topological polar surface area (TPSA) is 76.1 Å². The maximum atomic E-state index is 11.4. The van der Waals surface area contributed by atoms with E-state index in [-0.39, 0.29) is 5.91 Å². The highest BCUT2D eigenvalue weighted by Gasteiger charge is 2.14. The van der Waals surface area contributed by atoms with Crippen molar-refractivity contribution in [2.75, 3.05) is 10.0 Å². The first-order valence-corrected chi connectivity index (χ1v) is 11.8. The van der Waals surface area contributed by atoms with Crippen molar-refractivity contribution in [3.63, 3.8) is 0 Å². The molecule has 0 radical (unpaired) electrons. The zero-order valence-electron chi connectivity index (χ0n) is 18.9. The van der Waals surface area contributed by atoms with Gasteiger partial charge >= 0.3 is 0 Å². The molecule has 0 atom stereocenters. The van der Waals surface area contributed by atoms with Crippen LogP contribution in [0.5, 0.6) is 11.6 Å². The van der Waals surface area contributed by atoms with Crippen molar-refractivity contribution in [3.05, 3.63) is 88.9 Å². The number of amides is 1. The summed E-state index contributed by atoms with van der Waals surface area (Å²) >= 11 is 7.63. The summed E-state index contributed by atoms with van der Waals surface area (Å²) in [6, 6.07) is 22.7. The number of ether oxygens (including phenoxy) is 1. The van der Waals surface area contributed by atoms with E-state index in [1.54, 1.807) is 12.1 Å². The molecule has 2 N–H and O–H groups in total. The number of halogens is 1. The largest absolute Gasteiger partial charge is 0.437 e. The molecular formula is C26H23ClN4O2S. The Hall–Kier alpha value is -3.55. The highest BCUT2D eigenvalue weighted by atomic mass is 35.5. The quantitative estimate of drug-likeness (QED) is 0.265. The molecule has 0 aliphatic carbocycles. The molecule has 0 saturated carbocycles. The normalized spacial score (nSPS) is 10.6. The minimum atomic E-state index is -0.124. The van der Waals surface area contributed by atoms with Crippen molar-refractivity contribution in [3.8, 4) is 22.9 Å². The van der Waals surface area contributed by atoms with Crippen LogP contribution >= 0.6 is 23.5 Å². The lowest BCUT2D eigenvalue weighted by Crippen LogP contribution is -2.05. The number of carbonyl (C=O) groups is 1. The van der Waals surface area contributed by atoms with E-state index in [4.69, 9.17) is 21.3 Å². The van der Waals surface area contributed by atoms with Crippen LogP contribution in [-0.4, -0.2) is 15.9 Å². The molecular weight excluding hydrogens is 468 g/mol. The van der Waals surface area contributed by atoms with Gasteiger partial charge in [-0.05, 0) is 67.3 Å². The number of nitrogens with zero attached hydrogens (tertiary/aromatic N) is 2. The molecule has 1 aromatic heterocycles. The Bertz CT molecular complexity index is 1330. The number of rotatable bonds is 7. The molecule has 0 saturated heterocycles. The number of anilines is 2. The average Bonchev–Trinajstić information content (AvgIpc) is 2.79. The van der Waals surface area contributed by atoms with Crippen LogP contribution in [0.3, 0.4) is 0 Å². The van der Waals surface area contributed by atoms with E-state index in [0.29, 0.717) is 28.3 Å². The SMILES string of the molecule is CC(=O)Nc1cccc(SNc2nc(Oc3ccccc3Cl)cc(-c3c(C)cccc3C)n2)c1. The van der Waals surface area contributed by atoms with Crippen LogP contribution in [0, 0.1) is 13.8 Å². The number of hydrogen-bond acceptors (Lipinski definition) is 6. The number of aromatic nitrogens is 2. The minimum absolute atomic E-state index is 0.124. The lowest BCUT2D eigenvalue weighted by atomic mass is 10.00. The van der Waals surface area contributed by atoms with Gasteiger partial charge < -0.3 is 10.1 Å². The van der Waals surface area contributed by atoms with Gasteiger partial charge in [0.2, 0.25) is 17.7 Å². The standard InChI is InChI=1S/C26H23ClN4O2S/c1-16-8-6-9-17(2)25(16)22-15-24(33-23-13-5-4-12-21(23)27)30-26(29-22)31-34-20-11-7-10-19(14-20)28-18(3)32/h4-15H,1-3H3,(H,28,32)(H,29,30,31). The number of hydrogen-bond donors (Lipinski definition) is 2. The van der Waals surface area contributed by atoms with Crippen molar-refractivity contribution in [1.29, 1.82) is 0 Å². The Kier molecular flexibility index (Phi) is 7.35. The summed E-state index contributed by atoms with van der Waals surface area (Å²) in [6.07, 6.45) is 0. The van der Waals surface area contributed by atoms with Crippen LogP contribution in [0.4, 0.5) is 11.6 Å². The van der Waals surface area contributed by atoms with E-state index in [1.165, 1.54) is 18.9 Å². The van der Waals surface area contributed by atoms with Gasteiger partial charge in [-0.25, -0.2) is 4.98 Å². The number of aryl methyl sites for hydroxylation is 2. The van der Waals surface area contributed by atoms with Gasteiger partial charge in [0.15, 0.2) is 0 Å². The highest BCUT2D eigenvalue weighted by Crippen LogP contribution is 2.33. The van der Waals surface area contributed by atoms with Gasteiger partial charge in [-0.15, -0.1) is 0 Å². The van der Waals surface area contributed by atoms with E-state index in [1.807, 2.05) is 48.5 Å². The molecule has 0 spiro atoms. The van der Waals surface area contributed by atoms with E-state index in [9.17, 15) is 4.79 Å². The highest BCUT2D eigenvalue weighted by molar-refractivity contribution is 8.00. The molecule has 4 rings (SSSR count). The molecule has 0 aliphatic rings. The molecule has 0 fully saturated rings. The predicted octanol–water partition coefficient (Wildman–Crippen LogP) is 7.28. The van der Waals surface area contributed by atoms with E-state index >= 15 is 0 Å². The molecule has 0 aliphatic heterocycles. The number of nitrogens with one attached hydrogen (secondary N) is 2. The van der Waals surface area contributed by atoms with Crippen molar-refractivity contribution in [1.82, 2.24) is 9.97 Å². The Morgan fingerprint density at radius 3 is 2.41 bits per heavy atom. The number of para-hydroxylation sites is 1. The van der Waals surface area contributed by atoms with Crippen LogP contribution in [0.15, 0.2) is 77.7 Å². The maximum Gasteiger partial charge on any atom is 0.237 e. The average molecular weight is 491 g/mol. The van der Waals surface area contributed by atoms with Crippen LogP contribution < -0.4 is 14.8 Å². The second-order valence-electron chi connectivity index (χ2n) is 7.63. The van der Waals surface area contributed by atoms with Crippen molar-refractivity contribution < 1.29 is 9.53 Å². The molecule has 172 valence electrons. The van der Waals surface area contributed by atoms with Crippen molar-refractivity contribution >= 4 is 41.1 Å². The van der Waals surface area contributed by atoms with Crippen LogP contribution in [-0.2, 0) is 4.79 Å². The third-order valence-electron chi connectivity index (χ3n) is 4.91. The Labute approximate surface area is 207 Å². The molecule has 6 nitrogen and oxygen atoms in total. The molecule has 8 heteroatoms. The zero-order chi connectivity index (χ0) is 24.1. The third-order valence-corrected chi connectivity index (χ3v) is 5.99. The first-order chi connectivity index (χ1) is 16.4. The van der Waals surface area contributed by atoms with Gasteiger partial charge in [0.25, 0.3) is 0 Å². The van der Waals surface area contributed by atoms with Crippen molar-refractivity contribution in [2.24, 2.45) is 0 Å². The lowest BCUT2D eigenvalue weighted by Gasteiger charge is -2.14. The number of carbonyl (C=O) groups excluding carboxylic acids is 1. The Balaban J connectivity index is 1.67. The fourth-order valence-corrected chi connectivity index (χ4v) is 4.26. The first kappa shape index (κ1) is 23.6. The van der Waals surface area contributed by atoms with Crippen LogP contribution in [0.1, 0.15) is 18.1 Å². The molecule has 0 unspecified atom stereocenters. The zero-order valence-corrected chi connectivity index (χ0v) is 20.5. The summed E-state index contributed by atoms with van der Waals surface area (Å²) < 4.78 is 9.23. The van der Waals surface area contributed by atoms with E-state index in [0.717, 1.165) is 27.3 Å². The molecule has 1 heterocycles. The molecule has 34 heavy (non-hydrogen) atoms. The Morgan fingerprint density at radius 2 is 1.68 bits per heavy atom. The summed E-state index contributed by atoms with van der Waals surface area (Å²) in [5, 5.41) is 3.28. The van der Waals surface area contributed by atoms with Gasteiger partial charge in [-0.3, -0.25) is 9.52 Å². The monoisotopic (exact) mass is 490 g/mol. The lowest BCUT2D eigenvalue weighted by molar-refractivity contribution is -0.114. The summed E-state index contributed by atoms with van der Waals surface area (Å²) in [6.45, 7) is 5.58. The van der Waals surface area contributed by atoms with Crippen molar-refractivity contribution in [2.45, 2.75) is 25.7 Å². The molecule has 0 bridgehead atoms. The Morgan fingerprint density at radius 1 is 0.941 bits per heavy atom. The third kappa shape index (κ3) is 5.87. The first-order valence-electron chi connectivity index (χ1n) is 10.6. The van der Waals surface area contributed by atoms with Crippen LogP contribution in [0.2, 0.25) is 5.02 Å². The summed E-state index contributed by atoms with van der Waals surface area (Å²) in [5.41, 5.74) is 4.68. The predicted molar refractivity (Wildman–Crippen MR) is 139 cm³/mol. The summed E-state index contributed by atoms with van der Waals surface area (Å²) in [7, 11) is 0. The van der Waals surface area contributed by atoms with Gasteiger partial charge in [-0.1, -0.05) is 48.0 Å². The fraction of sp³-hybridized carbons (Fsp3) is 0.115. The smallest absolute Gasteiger partial charge is 0.237 e.